The molecule has 3 aromatic carbocycles. The zero-order valence-electron chi connectivity index (χ0n) is 16.1. The molecule has 6 nitrogen and oxygen atoms in total. The van der Waals surface area contributed by atoms with Crippen molar-refractivity contribution in [2.75, 3.05) is 19.5 Å². The highest BCUT2D eigenvalue weighted by atomic mass is 35.5. The van der Waals surface area contributed by atoms with Crippen molar-refractivity contribution in [2.45, 2.75) is 0 Å². The summed E-state index contributed by atoms with van der Waals surface area (Å²) in [6, 6.07) is 14.4. The molecule has 0 aliphatic carbocycles. The molecule has 0 unspecified atom stereocenters. The number of aromatic amines is 1. The summed E-state index contributed by atoms with van der Waals surface area (Å²) >= 11 is 13.1. The number of amides is 1. The Kier molecular flexibility index (Phi) is 5.53. The molecule has 0 spiro atoms. The van der Waals surface area contributed by atoms with Gasteiger partial charge in [0.2, 0.25) is 0 Å². The normalized spacial score (nSPS) is 10.8. The molecule has 8 heteroatoms. The minimum atomic E-state index is -0.281. The number of anilines is 1. The van der Waals surface area contributed by atoms with E-state index in [1.165, 1.54) is 14.2 Å². The summed E-state index contributed by atoms with van der Waals surface area (Å²) in [6.45, 7) is 0. The van der Waals surface area contributed by atoms with E-state index in [4.69, 9.17) is 32.7 Å². The molecule has 1 heterocycles. The number of carbonyl (C=O) groups excluding carboxylic acids is 1. The lowest BCUT2D eigenvalue weighted by molar-refractivity contribution is 0.102. The molecule has 4 aromatic rings. The van der Waals surface area contributed by atoms with Gasteiger partial charge in [-0.1, -0.05) is 41.4 Å². The molecule has 4 rings (SSSR count). The van der Waals surface area contributed by atoms with E-state index in [1.54, 1.807) is 18.3 Å². The van der Waals surface area contributed by atoms with Gasteiger partial charge in [0.05, 0.1) is 41.5 Å². The number of H-pyrrole nitrogens is 1. The van der Waals surface area contributed by atoms with Crippen LogP contribution in [0.3, 0.4) is 0 Å². The summed E-state index contributed by atoms with van der Waals surface area (Å²) < 4.78 is 10.7. The molecule has 0 saturated carbocycles. The van der Waals surface area contributed by atoms with E-state index in [-0.39, 0.29) is 5.91 Å². The predicted octanol–water partition coefficient (Wildman–Crippen LogP) is 5.81. The number of nitrogens with one attached hydrogen (secondary N) is 2. The van der Waals surface area contributed by atoms with E-state index in [9.17, 15) is 4.79 Å². The number of methoxy groups -OCH3 is 2. The van der Waals surface area contributed by atoms with Crippen LogP contribution in [0.2, 0.25) is 10.0 Å². The van der Waals surface area contributed by atoms with Crippen LogP contribution in [-0.4, -0.2) is 30.3 Å². The fourth-order valence-corrected chi connectivity index (χ4v) is 3.96. The van der Waals surface area contributed by atoms with Gasteiger partial charge in [-0.15, -0.1) is 0 Å². The summed E-state index contributed by atoms with van der Waals surface area (Å²) in [4.78, 5) is 13.1. The highest BCUT2D eigenvalue weighted by Gasteiger charge is 2.21. The van der Waals surface area contributed by atoms with Crippen molar-refractivity contribution < 1.29 is 14.3 Å². The summed E-state index contributed by atoms with van der Waals surface area (Å²) in [5.74, 6) is 0.539. The summed E-state index contributed by atoms with van der Waals surface area (Å²) in [6.07, 6.45) is 1.61. The number of hydrogen-bond donors (Lipinski definition) is 2. The van der Waals surface area contributed by atoms with E-state index in [0.717, 1.165) is 0 Å². The Hall–Kier alpha value is -3.22. The fraction of sp³-hybridized carbons (Fsp3) is 0.0909. The van der Waals surface area contributed by atoms with Gasteiger partial charge in [-0.2, -0.15) is 5.10 Å². The van der Waals surface area contributed by atoms with Crippen LogP contribution in [0, 0.1) is 0 Å². The molecule has 30 heavy (non-hydrogen) atoms. The van der Waals surface area contributed by atoms with Gasteiger partial charge in [0.1, 0.15) is 11.5 Å². The SMILES string of the molecule is COc1cc(OC)c(Cl)c(-c2cc(C(=O)Nc3ccccc3)c3cn[nH]c3c2)c1Cl. The summed E-state index contributed by atoms with van der Waals surface area (Å²) in [5, 5.41) is 11.2. The zero-order chi connectivity index (χ0) is 21.3. The smallest absolute Gasteiger partial charge is 0.256 e. The van der Waals surface area contributed by atoms with Crippen LogP contribution < -0.4 is 14.8 Å². The molecule has 2 N–H and O–H groups in total. The van der Waals surface area contributed by atoms with Crippen LogP contribution in [0.5, 0.6) is 11.5 Å². The Morgan fingerprint density at radius 3 is 2.30 bits per heavy atom. The van der Waals surface area contributed by atoms with Gasteiger partial charge in [0, 0.05) is 22.7 Å². The summed E-state index contributed by atoms with van der Waals surface area (Å²) in [5.41, 5.74) is 2.90. The van der Waals surface area contributed by atoms with Crippen LogP contribution in [0.4, 0.5) is 5.69 Å². The number of aromatic nitrogens is 2. The van der Waals surface area contributed by atoms with Gasteiger partial charge in [0.25, 0.3) is 5.91 Å². The Morgan fingerprint density at radius 2 is 1.67 bits per heavy atom. The van der Waals surface area contributed by atoms with Gasteiger partial charge >= 0.3 is 0 Å². The number of hydrogen-bond acceptors (Lipinski definition) is 4. The molecular weight excluding hydrogens is 425 g/mol. The quantitative estimate of drug-likeness (QED) is 0.409. The van der Waals surface area contributed by atoms with Gasteiger partial charge in [-0.25, -0.2) is 0 Å². The van der Waals surface area contributed by atoms with Crippen molar-refractivity contribution in [3.8, 4) is 22.6 Å². The third-order valence-corrected chi connectivity index (χ3v) is 5.45. The van der Waals surface area contributed by atoms with Crippen LogP contribution >= 0.6 is 23.2 Å². The van der Waals surface area contributed by atoms with Gasteiger partial charge in [-0.05, 0) is 29.8 Å². The first-order valence-corrected chi connectivity index (χ1v) is 9.73. The van der Waals surface area contributed by atoms with Crippen molar-refractivity contribution in [2.24, 2.45) is 0 Å². The largest absolute Gasteiger partial charge is 0.495 e. The maximum Gasteiger partial charge on any atom is 0.256 e. The molecule has 152 valence electrons. The van der Waals surface area contributed by atoms with E-state index < -0.39 is 0 Å². The minimum absolute atomic E-state index is 0.281. The van der Waals surface area contributed by atoms with Crippen LogP contribution in [0.1, 0.15) is 10.4 Å². The molecule has 0 radical (unpaired) electrons. The zero-order valence-corrected chi connectivity index (χ0v) is 17.6. The molecule has 0 aliphatic heterocycles. The van der Waals surface area contributed by atoms with Crippen molar-refractivity contribution in [3.63, 3.8) is 0 Å². The fourth-order valence-electron chi connectivity index (χ4n) is 3.24. The number of ether oxygens (including phenoxy) is 2. The van der Waals surface area contributed by atoms with E-state index in [1.807, 2.05) is 36.4 Å². The highest BCUT2D eigenvalue weighted by Crippen LogP contribution is 2.46. The Balaban J connectivity index is 1.89. The van der Waals surface area contributed by atoms with Gasteiger partial charge in [0.15, 0.2) is 0 Å². The standard InChI is InChI=1S/C22H17Cl2N3O3/c1-29-17-10-18(30-2)21(24)19(20(17)23)12-8-14(15-11-25-27-16(15)9-12)22(28)26-13-6-4-3-5-7-13/h3-11H,1-2H3,(H,25,27)(H,26,28). The van der Waals surface area contributed by atoms with Crippen molar-refractivity contribution in [3.05, 3.63) is 70.3 Å². The molecule has 0 aliphatic rings. The van der Waals surface area contributed by atoms with Crippen molar-refractivity contribution in [1.82, 2.24) is 10.2 Å². The second kappa shape index (κ2) is 8.26. The van der Waals surface area contributed by atoms with E-state index >= 15 is 0 Å². The number of nitrogens with zero attached hydrogens (tertiary/aromatic N) is 1. The number of benzene rings is 3. The maximum absolute atomic E-state index is 13.1. The molecule has 0 fully saturated rings. The van der Waals surface area contributed by atoms with Crippen LogP contribution in [-0.2, 0) is 0 Å². The molecular formula is C22H17Cl2N3O3. The van der Waals surface area contributed by atoms with Crippen molar-refractivity contribution >= 4 is 45.7 Å². The second-order valence-corrected chi connectivity index (χ2v) is 7.22. The third kappa shape index (κ3) is 3.56. The van der Waals surface area contributed by atoms with Crippen molar-refractivity contribution in [1.29, 1.82) is 0 Å². The number of fused-ring (bicyclic) bond motifs is 1. The predicted molar refractivity (Wildman–Crippen MR) is 119 cm³/mol. The van der Waals surface area contributed by atoms with Gasteiger partial charge < -0.3 is 14.8 Å². The Morgan fingerprint density at radius 1 is 1.00 bits per heavy atom. The second-order valence-electron chi connectivity index (χ2n) is 6.46. The molecule has 1 amide bonds. The monoisotopic (exact) mass is 441 g/mol. The topological polar surface area (TPSA) is 76.2 Å². The van der Waals surface area contributed by atoms with Crippen LogP contribution in [0.25, 0.3) is 22.0 Å². The highest BCUT2D eigenvalue weighted by molar-refractivity contribution is 6.41. The lowest BCUT2D eigenvalue weighted by atomic mass is 9.99. The first-order valence-electron chi connectivity index (χ1n) is 8.97. The first kappa shape index (κ1) is 20.1. The van der Waals surface area contributed by atoms with E-state index in [0.29, 0.717) is 54.8 Å². The minimum Gasteiger partial charge on any atom is -0.495 e. The Labute approximate surface area is 182 Å². The average molecular weight is 442 g/mol. The molecule has 0 saturated heterocycles. The molecule has 1 aromatic heterocycles. The van der Waals surface area contributed by atoms with Crippen LogP contribution in [0.15, 0.2) is 54.7 Å². The lowest BCUT2D eigenvalue weighted by Crippen LogP contribution is -2.12. The molecule has 0 atom stereocenters. The average Bonchev–Trinajstić information content (AvgIpc) is 3.23. The third-order valence-electron chi connectivity index (χ3n) is 4.70. The van der Waals surface area contributed by atoms with Gasteiger partial charge in [-0.3, -0.25) is 9.89 Å². The van der Waals surface area contributed by atoms with E-state index in [2.05, 4.69) is 15.5 Å². The number of halogens is 2. The number of rotatable bonds is 5. The first-order chi connectivity index (χ1) is 14.5. The lowest BCUT2D eigenvalue weighted by Gasteiger charge is -2.16. The number of carbonyl (C=O) groups is 1. The number of para-hydroxylation sites is 1. The maximum atomic E-state index is 13.1. The summed E-state index contributed by atoms with van der Waals surface area (Å²) in [7, 11) is 3.02. The Bertz CT molecular complexity index is 1210. The molecule has 0 bridgehead atoms.